The van der Waals surface area contributed by atoms with Crippen molar-refractivity contribution in [2.24, 2.45) is 5.92 Å². The van der Waals surface area contributed by atoms with E-state index in [2.05, 4.69) is 24.1 Å². The van der Waals surface area contributed by atoms with Gasteiger partial charge < -0.3 is 4.74 Å². The number of fused-ring (bicyclic) bond motifs is 2. The van der Waals surface area contributed by atoms with E-state index in [1.807, 2.05) is 19.9 Å². The molecule has 0 aliphatic carbocycles. The highest BCUT2D eigenvalue weighted by molar-refractivity contribution is 5.99. The third-order valence-corrected chi connectivity index (χ3v) is 4.91. The Morgan fingerprint density at radius 3 is 2.50 bits per heavy atom. The maximum absolute atomic E-state index is 12.9. The molecule has 3 heteroatoms. The van der Waals surface area contributed by atoms with E-state index in [0.717, 1.165) is 42.7 Å². The Hall–Kier alpha value is -1.19. The first-order chi connectivity index (χ1) is 9.56. The highest BCUT2D eigenvalue weighted by Gasteiger charge is 2.39. The van der Waals surface area contributed by atoms with Gasteiger partial charge in [0.05, 0.1) is 13.2 Å². The SMILES string of the molecule is Cc1ccc(C)c(C(=O)C2CC3COCC(C2)N3C)c1. The molecule has 2 bridgehead atoms. The molecule has 1 aromatic carbocycles. The normalized spacial score (nSPS) is 30.2. The number of hydrogen-bond donors (Lipinski definition) is 0. The van der Waals surface area contributed by atoms with Crippen molar-refractivity contribution in [1.29, 1.82) is 0 Å². The summed E-state index contributed by atoms with van der Waals surface area (Å²) in [6.45, 7) is 5.62. The number of ketones is 1. The third-order valence-electron chi connectivity index (χ3n) is 4.91. The van der Waals surface area contributed by atoms with Crippen molar-refractivity contribution in [3.05, 3.63) is 34.9 Å². The standard InChI is InChI=1S/C17H23NO2/c1-11-4-5-12(2)16(6-11)17(19)13-7-14-9-20-10-15(8-13)18(14)3/h4-6,13-15H,7-10H2,1-3H3. The number of carbonyl (C=O) groups excluding carboxylic acids is 1. The third kappa shape index (κ3) is 2.40. The number of carbonyl (C=O) groups is 1. The molecule has 0 aromatic heterocycles. The Kier molecular flexibility index (Phi) is 3.65. The van der Waals surface area contributed by atoms with Crippen molar-refractivity contribution in [3.63, 3.8) is 0 Å². The molecule has 1 aromatic rings. The van der Waals surface area contributed by atoms with Crippen LogP contribution in [0.4, 0.5) is 0 Å². The van der Waals surface area contributed by atoms with Crippen molar-refractivity contribution in [2.45, 2.75) is 38.8 Å². The second-order valence-electron chi connectivity index (χ2n) is 6.36. The molecule has 0 amide bonds. The van der Waals surface area contributed by atoms with Crippen LogP contribution >= 0.6 is 0 Å². The molecule has 0 spiro atoms. The Bertz CT molecular complexity index is 512. The molecule has 2 unspecified atom stereocenters. The zero-order valence-electron chi connectivity index (χ0n) is 12.6. The summed E-state index contributed by atoms with van der Waals surface area (Å²) in [7, 11) is 2.16. The summed E-state index contributed by atoms with van der Waals surface area (Å²) in [5.41, 5.74) is 3.18. The number of ether oxygens (including phenoxy) is 1. The highest BCUT2D eigenvalue weighted by atomic mass is 16.5. The predicted octanol–water partition coefficient (Wildman–Crippen LogP) is 2.60. The van der Waals surface area contributed by atoms with Crippen LogP contribution in [0, 0.1) is 19.8 Å². The molecular formula is C17H23NO2. The van der Waals surface area contributed by atoms with Gasteiger partial charge in [0.15, 0.2) is 5.78 Å². The first kappa shape index (κ1) is 13.8. The lowest BCUT2D eigenvalue weighted by molar-refractivity contribution is -0.0702. The van der Waals surface area contributed by atoms with Crippen LogP contribution in [0.3, 0.4) is 0 Å². The molecule has 2 fully saturated rings. The minimum Gasteiger partial charge on any atom is -0.378 e. The maximum atomic E-state index is 12.9. The van der Waals surface area contributed by atoms with Gasteiger partial charge in [-0.15, -0.1) is 0 Å². The van der Waals surface area contributed by atoms with Crippen LogP contribution < -0.4 is 0 Å². The molecule has 2 atom stereocenters. The molecule has 108 valence electrons. The maximum Gasteiger partial charge on any atom is 0.166 e. The summed E-state index contributed by atoms with van der Waals surface area (Å²) in [5.74, 6) is 0.488. The number of likely N-dealkylation sites (N-methyl/N-ethyl adjacent to an activating group) is 1. The fourth-order valence-corrected chi connectivity index (χ4v) is 3.53. The van der Waals surface area contributed by atoms with Crippen LogP contribution in [-0.4, -0.2) is 43.0 Å². The van der Waals surface area contributed by atoms with Crippen LogP contribution in [0.5, 0.6) is 0 Å². The molecule has 3 nitrogen and oxygen atoms in total. The van der Waals surface area contributed by atoms with E-state index < -0.39 is 0 Å². The Morgan fingerprint density at radius 1 is 1.20 bits per heavy atom. The van der Waals surface area contributed by atoms with Gasteiger partial charge in [-0.3, -0.25) is 9.69 Å². The summed E-state index contributed by atoms with van der Waals surface area (Å²) >= 11 is 0. The minimum absolute atomic E-state index is 0.158. The van der Waals surface area contributed by atoms with E-state index in [0.29, 0.717) is 17.9 Å². The molecular weight excluding hydrogens is 250 g/mol. The minimum atomic E-state index is 0.158. The fraction of sp³-hybridized carbons (Fsp3) is 0.588. The quantitative estimate of drug-likeness (QED) is 0.776. The number of aryl methyl sites for hydroxylation is 2. The monoisotopic (exact) mass is 273 g/mol. The average Bonchev–Trinajstić information content (AvgIpc) is 2.40. The molecule has 0 N–H and O–H groups in total. The number of nitrogens with zero attached hydrogens (tertiary/aromatic N) is 1. The van der Waals surface area contributed by atoms with Gasteiger partial charge in [-0.25, -0.2) is 0 Å². The lowest BCUT2D eigenvalue weighted by Gasteiger charge is -2.46. The van der Waals surface area contributed by atoms with Gasteiger partial charge in [0.2, 0.25) is 0 Å². The summed E-state index contributed by atoms with van der Waals surface area (Å²) in [5, 5.41) is 0. The number of Topliss-reactive ketones (excluding diaryl/α,β-unsaturated/α-hetero) is 1. The molecule has 2 aliphatic rings. The summed E-state index contributed by atoms with van der Waals surface area (Å²) in [6, 6.07) is 6.98. The van der Waals surface area contributed by atoms with Gasteiger partial charge >= 0.3 is 0 Å². The number of morpholine rings is 1. The average molecular weight is 273 g/mol. The molecule has 20 heavy (non-hydrogen) atoms. The summed E-state index contributed by atoms with van der Waals surface area (Å²) in [6.07, 6.45) is 1.86. The largest absolute Gasteiger partial charge is 0.378 e. The number of benzene rings is 1. The molecule has 2 saturated heterocycles. The van der Waals surface area contributed by atoms with Crippen LogP contribution in [-0.2, 0) is 4.74 Å². The smallest absolute Gasteiger partial charge is 0.166 e. The van der Waals surface area contributed by atoms with Crippen LogP contribution in [0.25, 0.3) is 0 Å². The predicted molar refractivity (Wildman–Crippen MR) is 79.1 cm³/mol. The van der Waals surface area contributed by atoms with E-state index in [-0.39, 0.29) is 5.92 Å². The second-order valence-corrected chi connectivity index (χ2v) is 6.36. The van der Waals surface area contributed by atoms with Gasteiger partial charge in [-0.2, -0.15) is 0 Å². The van der Waals surface area contributed by atoms with Crippen LogP contribution in [0.2, 0.25) is 0 Å². The molecule has 2 heterocycles. The molecule has 2 aliphatic heterocycles. The molecule has 0 saturated carbocycles. The molecule has 0 radical (unpaired) electrons. The van der Waals surface area contributed by atoms with Gasteiger partial charge in [-0.05, 0) is 45.4 Å². The lowest BCUT2D eigenvalue weighted by atomic mass is 9.80. The van der Waals surface area contributed by atoms with Crippen molar-refractivity contribution in [1.82, 2.24) is 4.90 Å². The first-order valence-corrected chi connectivity index (χ1v) is 7.47. The second kappa shape index (κ2) is 5.30. The van der Waals surface area contributed by atoms with Gasteiger partial charge in [0.25, 0.3) is 0 Å². The Balaban J connectivity index is 1.83. The first-order valence-electron chi connectivity index (χ1n) is 7.47. The Morgan fingerprint density at radius 2 is 1.85 bits per heavy atom. The fourth-order valence-electron chi connectivity index (χ4n) is 3.53. The van der Waals surface area contributed by atoms with Gasteiger partial charge in [0.1, 0.15) is 0 Å². The lowest BCUT2D eigenvalue weighted by Crippen LogP contribution is -2.55. The van der Waals surface area contributed by atoms with E-state index in [9.17, 15) is 4.79 Å². The molecule has 3 rings (SSSR count). The Labute approximate surface area is 120 Å². The highest BCUT2D eigenvalue weighted by Crippen LogP contribution is 2.33. The van der Waals surface area contributed by atoms with Crippen LogP contribution in [0.15, 0.2) is 18.2 Å². The topological polar surface area (TPSA) is 29.5 Å². The van der Waals surface area contributed by atoms with E-state index >= 15 is 0 Å². The number of hydrogen-bond acceptors (Lipinski definition) is 3. The number of rotatable bonds is 2. The van der Waals surface area contributed by atoms with E-state index in [1.54, 1.807) is 0 Å². The van der Waals surface area contributed by atoms with E-state index in [4.69, 9.17) is 4.74 Å². The van der Waals surface area contributed by atoms with Gasteiger partial charge in [0, 0.05) is 23.6 Å². The van der Waals surface area contributed by atoms with Crippen LogP contribution in [0.1, 0.15) is 34.3 Å². The summed E-state index contributed by atoms with van der Waals surface area (Å²) in [4.78, 5) is 15.3. The zero-order valence-corrected chi connectivity index (χ0v) is 12.6. The van der Waals surface area contributed by atoms with Crippen molar-refractivity contribution in [3.8, 4) is 0 Å². The zero-order chi connectivity index (χ0) is 14.3. The number of piperidine rings is 1. The van der Waals surface area contributed by atoms with Crippen molar-refractivity contribution in [2.75, 3.05) is 20.3 Å². The van der Waals surface area contributed by atoms with Gasteiger partial charge in [-0.1, -0.05) is 17.7 Å². The van der Waals surface area contributed by atoms with E-state index in [1.165, 1.54) is 0 Å². The summed E-state index contributed by atoms with van der Waals surface area (Å²) < 4.78 is 5.63. The van der Waals surface area contributed by atoms with Crippen molar-refractivity contribution >= 4 is 5.78 Å². The van der Waals surface area contributed by atoms with Crippen molar-refractivity contribution < 1.29 is 9.53 Å².